The Bertz CT molecular complexity index is 1310. The van der Waals surface area contributed by atoms with Gasteiger partial charge in [0.1, 0.15) is 5.75 Å². The van der Waals surface area contributed by atoms with Crippen LogP contribution in [0.25, 0.3) is 5.69 Å². The van der Waals surface area contributed by atoms with Gasteiger partial charge in [-0.2, -0.15) is 0 Å². The van der Waals surface area contributed by atoms with Crippen molar-refractivity contribution in [2.24, 2.45) is 0 Å². The third-order valence-corrected chi connectivity index (χ3v) is 6.40. The Morgan fingerprint density at radius 1 is 1.00 bits per heavy atom. The zero-order chi connectivity index (χ0) is 24.2. The number of phenolic OH excluding ortho intramolecular Hbond substituents is 1. The largest absolute Gasteiger partial charge is 0.508 e. The molecule has 5 rings (SSSR count). The minimum atomic E-state index is -0.189. The van der Waals surface area contributed by atoms with Crippen LogP contribution in [0.5, 0.6) is 5.75 Å². The first kappa shape index (κ1) is 22.6. The average Bonchev–Trinajstić information content (AvgIpc) is 3.48. The van der Waals surface area contributed by atoms with Crippen LogP contribution in [-0.4, -0.2) is 37.1 Å². The second kappa shape index (κ2) is 9.99. The molecule has 35 heavy (non-hydrogen) atoms. The van der Waals surface area contributed by atoms with Gasteiger partial charge >= 0.3 is 0 Å². The normalized spacial score (nSPS) is 17.3. The minimum absolute atomic E-state index is 0.0760. The number of carbonyl (C=O) groups excluding carboxylic acids is 1. The molecule has 0 bridgehead atoms. The fourth-order valence-corrected chi connectivity index (χ4v) is 4.75. The molecule has 0 aliphatic carbocycles. The number of thiocarbonyl (C=S) groups is 1. The van der Waals surface area contributed by atoms with Gasteiger partial charge in [-0.05, 0) is 72.9 Å². The number of hydrogen-bond acceptors (Lipinski definition) is 4. The Hall–Kier alpha value is -4.17. The van der Waals surface area contributed by atoms with E-state index in [1.54, 1.807) is 18.3 Å². The summed E-state index contributed by atoms with van der Waals surface area (Å²) in [7, 11) is 0. The number of amides is 1. The molecule has 0 spiro atoms. The van der Waals surface area contributed by atoms with Crippen LogP contribution in [0.4, 0.5) is 5.69 Å². The Morgan fingerprint density at radius 3 is 2.51 bits per heavy atom. The monoisotopic (exact) mass is 483 g/mol. The highest BCUT2D eigenvalue weighted by Gasteiger charge is 2.41. The van der Waals surface area contributed by atoms with Gasteiger partial charge < -0.3 is 25.2 Å². The van der Waals surface area contributed by atoms with Gasteiger partial charge in [0.2, 0.25) is 5.91 Å². The second-order valence-corrected chi connectivity index (χ2v) is 8.69. The molecule has 1 fully saturated rings. The lowest BCUT2D eigenvalue weighted by atomic mass is 10.0. The predicted octanol–water partition coefficient (Wildman–Crippen LogP) is 4.58. The van der Waals surface area contributed by atoms with Crippen molar-refractivity contribution in [3.63, 3.8) is 0 Å². The summed E-state index contributed by atoms with van der Waals surface area (Å²) in [5.74, 6) is 0.136. The van der Waals surface area contributed by atoms with Gasteiger partial charge in [0.25, 0.3) is 0 Å². The van der Waals surface area contributed by atoms with Crippen molar-refractivity contribution in [2.45, 2.75) is 18.5 Å². The molecule has 1 aliphatic rings. The van der Waals surface area contributed by atoms with Crippen LogP contribution >= 0.6 is 12.2 Å². The number of benzene rings is 2. The summed E-state index contributed by atoms with van der Waals surface area (Å²) < 4.78 is 2.08. The van der Waals surface area contributed by atoms with Gasteiger partial charge in [-0.25, -0.2) is 0 Å². The molecule has 0 unspecified atom stereocenters. The summed E-state index contributed by atoms with van der Waals surface area (Å²) >= 11 is 5.74. The van der Waals surface area contributed by atoms with E-state index in [2.05, 4.69) is 31.2 Å². The fourth-order valence-electron chi connectivity index (χ4n) is 4.42. The van der Waals surface area contributed by atoms with E-state index in [4.69, 9.17) is 12.2 Å². The number of hydrogen-bond donors (Lipinski definition) is 3. The van der Waals surface area contributed by atoms with Crippen molar-refractivity contribution in [3.8, 4) is 11.4 Å². The molecule has 1 aliphatic heterocycles. The van der Waals surface area contributed by atoms with Gasteiger partial charge in [0.05, 0.1) is 17.8 Å². The van der Waals surface area contributed by atoms with Crippen molar-refractivity contribution in [1.82, 2.24) is 19.8 Å². The maximum Gasteiger partial charge on any atom is 0.226 e. The topological polar surface area (TPSA) is 82.4 Å². The first-order valence-electron chi connectivity index (χ1n) is 11.4. The number of phenols is 1. The highest BCUT2D eigenvalue weighted by atomic mass is 32.1. The van der Waals surface area contributed by atoms with Gasteiger partial charge in [0.15, 0.2) is 5.11 Å². The predicted molar refractivity (Wildman–Crippen MR) is 139 cm³/mol. The van der Waals surface area contributed by atoms with E-state index < -0.39 is 0 Å². The SMILES string of the molecule is O=C(CCN1C(=S)N[C@@H](c2ccccn2)[C@H]1c1cccn1-c1ccc(O)cc1)Nc1ccccc1. The summed E-state index contributed by atoms with van der Waals surface area (Å²) in [6.45, 7) is 0.444. The standard InChI is InChI=1S/C27H25N5O2S/c33-21-13-11-20(12-14-21)31-17-6-10-23(31)26-25(22-9-4-5-16-28-22)30-27(35)32(26)18-15-24(34)29-19-7-2-1-3-8-19/h1-14,16-17,25-26,33H,15,18H2,(H,29,34)(H,30,35)/t25-,26+/m0/s1. The number of aromatic hydroxyl groups is 1. The Labute approximate surface area is 209 Å². The smallest absolute Gasteiger partial charge is 0.226 e. The molecule has 1 saturated heterocycles. The van der Waals surface area contributed by atoms with Crippen molar-refractivity contribution in [3.05, 3.63) is 109 Å². The van der Waals surface area contributed by atoms with Crippen LogP contribution in [-0.2, 0) is 4.79 Å². The quantitative estimate of drug-likeness (QED) is 0.334. The maximum absolute atomic E-state index is 12.7. The van der Waals surface area contributed by atoms with E-state index in [1.807, 2.05) is 72.9 Å². The third kappa shape index (κ3) is 4.88. The van der Waals surface area contributed by atoms with E-state index in [0.717, 1.165) is 22.8 Å². The molecule has 3 heterocycles. The lowest BCUT2D eigenvalue weighted by Gasteiger charge is -2.28. The summed E-state index contributed by atoms with van der Waals surface area (Å²) in [5.41, 5.74) is 3.56. The summed E-state index contributed by atoms with van der Waals surface area (Å²) in [6.07, 6.45) is 4.03. The number of nitrogens with one attached hydrogen (secondary N) is 2. The van der Waals surface area contributed by atoms with Crippen molar-refractivity contribution < 1.29 is 9.90 Å². The number of pyridine rings is 1. The van der Waals surface area contributed by atoms with Crippen LogP contribution in [0.1, 0.15) is 29.9 Å². The number of aromatic nitrogens is 2. The van der Waals surface area contributed by atoms with E-state index in [-0.39, 0.29) is 30.2 Å². The molecule has 176 valence electrons. The van der Waals surface area contributed by atoms with Crippen molar-refractivity contribution >= 4 is 28.9 Å². The van der Waals surface area contributed by atoms with Crippen molar-refractivity contribution in [2.75, 3.05) is 11.9 Å². The zero-order valence-electron chi connectivity index (χ0n) is 18.9. The zero-order valence-corrected chi connectivity index (χ0v) is 19.7. The van der Waals surface area contributed by atoms with Gasteiger partial charge in [-0.15, -0.1) is 0 Å². The molecule has 0 saturated carbocycles. The van der Waals surface area contributed by atoms with E-state index in [0.29, 0.717) is 11.7 Å². The summed E-state index contributed by atoms with van der Waals surface area (Å²) in [6, 6.07) is 26.0. The highest BCUT2D eigenvalue weighted by molar-refractivity contribution is 7.80. The van der Waals surface area contributed by atoms with Crippen LogP contribution in [0.15, 0.2) is 97.3 Å². The number of anilines is 1. The highest BCUT2D eigenvalue weighted by Crippen LogP contribution is 2.39. The number of carbonyl (C=O) groups is 1. The molecular formula is C27H25N5O2S. The number of rotatable bonds is 7. The van der Waals surface area contributed by atoms with Crippen LogP contribution in [0.3, 0.4) is 0 Å². The molecule has 4 aromatic rings. The van der Waals surface area contributed by atoms with Gasteiger partial charge in [0, 0.05) is 42.4 Å². The minimum Gasteiger partial charge on any atom is -0.508 e. The number of nitrogens with zero attached hydrogens (tertiary/aromatic N) is 3. The molecular weight excluding hydrogens is 458 g/mol. The number of para-hydroxylation sites is 1. The maximum atomic E-state index is 12.7. The lowest BCUT2D eigenvalue weighted by Crippen LogP contribution is -2.33. The first-order chi connectivity index (χ1) is 17.1. The molecule has 0 radical (unpaired) electrons. The molecule has 2 aromatic carbocycles. The average molecular weight is 484 g/mol. The third-order valence-electron chi connectivity index (χ3n) is 6.05. The first-order valence-corrected chi connectivity index (χ1v) is 11.8. The Balaban J connectivity index is 1.45. The van der Waals surface area contributed by atoms with Gasteiger partial charge in [-0.3, -0.25) is 9.78 Å². The van der Waals surface area contributed by atoms with Crippen LogP contribution in [0.2, 0.25) is 0 Å². The molecule has 2 aromatic heterocycles. The molecule has 8 heteroatoms. The summed E-state index contributed by atoms with van der Waals surface area (Å²) in [5, 5.41) is 16.7. The van der Waals surface area contributed by atoms with E-state index in [9.17, 15) is 9.90 Å². The molecule has 2 atom stereocenters. The van der Waals surface area contributed by atoms with Crippen LogP contribution in [0, 0.1) is 0 Å². The fraction of sp³-hybridized carbons (Fsp3) is 0.148. The van der Waals surface area contributed by atoms with E-state index >= 15 is 0 Å². The summed E-state index contributed by atoms with van der Waals surface area (Å²) in [4.78, 5) is 19.3. The van der Waals surface area contributed by atoms with Gasteiger partial charge in [-0.1, -0.05) is 24.3 Å². The van der Waals surface area contributed by atoms with E-state index in [1.165, 1.54) is 0 Å². The van der Waals surface area contributed by atoms with Crippen LogP contribution < -0.4 is 10.6 Å². The molecule has 3 N–H and O–H groups in total. The lowest BCUT2D eigenvalue weighted by molar-refractivity contribution is -0.116. The Kier molecular flexibility index (Phi) is 6.45. The second-order valence-electron chi connectivity index (χ2n) is 8.30. The van der Waals surface area contributed by atoms with Crippen molar-refractivity contribution in [1.29, 1.82) is 0 Å². The Morgan fingerprint density at radius 2 is 1.77 bits per heavy atom. The molecule has 1 amide bonds. The molecule has 7 nitrogen and oxygen atoms in total.